The van der Waals surface area contributed by atoms with Gasteiger partial charge >= 0.3 is 0 Å². The van der Waals surface area contributed by atoms with Crippen LogP contribution in [0.3, 0.4) is 0 Å². The number of rotatable bonds is 7. The Hall–Kier alpha value is -1.05. The summed E-state index contributed by atoms with van der Waals surface area (Å²) in [6.45, 7) is 5.38. The smallest absolute Gasteiger partial charge is 0.133 e. The summed E-state index contributed by atoms with van der Waals surface area (Å²) in [5.74, 6) is 0.856. The van der Waals surface area contributed by atoms with Gasteiger partial charge in [0.2, 0.25) is 0 Å². The van der Waals surface area contributed by atoms with Crippen LogP contribution in [-0.2, 0) is 6.54 Å². The molecule has 0 aromatic heterocycles. The standard InChI is InChI=1S/C15H21BrN2O/c1-15(2,11-17)7-4-8-19-14-6-5-12(10-18-3)9-13(14)16/h5-6,9,18H,4,7-8,10H2,1-3H3. The van der Waals surface area contributed by atoms with Crippen molar-refractivity contribution in [3.8, 4) is 11.8 Å². The van der Waals surface area contributed by atoms with E-state index in [0.717, 1.165) is 29.6 Å². The predicted molar refractivity (Wildman–Crippen MR) is 81.0 cm³/mol. The molecule has 104 valence electrons. The van der Waals surface area contributed by atoms with E-state index in [-0.39, 0.29) is 5.41 Å². The topological polar surface area (TPSA) is 45.0 Å². The summed E-state index contributed by atoms with van der Waals surface area (Å²) in [6, 6.07) is 8.39. The van der Waals surface area contributed by atoms with Gasteiger partial charge in [0.05, 0.1) is 22.6 Å². The first kappa shape index (κ1) is 16.0. The lowest BCUT2D eigenvalue weighted by Crippen LogP contribution is -2.10. The van der Waals surface area contributed by atoms with Crippen molar-refractivity contribution >= 4 is 15.9 Å². The van der Waals surface area contributed by atoms with Crippen LogP contribution in [-0.4, -0.2) is 13.7 Å². The fraction of sp³-hybridized carbons (Fsp3) is 0.533. The maximum atomic E-state index is 8.93. The molecule has 0 spiro atoms. The second-order valence-corrected chi connectivity index (χ2v) is 6.10. The summed E-state index contributed by atoms with van der Waals surface area (Å²) in [4.78, 5) is 0. The third kappa shape index (κ3) is 5.63. The van der Waals surface area contributed by atoms with Gasteiger partial charge in [0, 0.05) is 6.54 Å². The maximum Gasteiger partial charge on any atom is 0.133 e. The predicted octanol–water partition coefficient (Wildman–Crippen LogP) is 3.88. The van der Waals surface area contributed by atoms with Crippen molar-refractivity contribution in [2.45, 2.75) is 33.2 Å². The molecule has 1 rings (SSSR count). The van der Waals surface area contributed by atoms with Crippen LogP contribution in [0.25, 0.3) is 0 Å². The Bertz CT molecular complexity index is 452. The van der Waals surface area contributed by atoms with Gasteiger partial charge in [0.15, 0.2) is 0 Å². The van der Waals surface area contributed by atoms with Gasteiger partial charge in [-0.25, -0.2) is 0 Å². The molecule has 0 unspecified atom stereocenters. The number of hydrogen-bond donors (Lipinski definition) is 1. The first-order valence-corrected chi connectivity index (χ1v) is 7.25. The Morgan fingerprint density at radius 3 is 2.74 bits per heavy atom. The third-order valence-electron chi connectivity index (χ3n) is 2.88. The van der Waals surface area contributed by atoms with Crippen LogP contribution in [0.15, 0.2) is 22.7 Å². The fourth-order valence-corrected chi connectivity index (χ4v) is 2.27. The Labute approximate surface area is 124 Å². The van der Waals surface area contributed by atoms with E-state index >= 15 is 0 Å². The second-order valence-electron chi connectivity index (χ2n) is 5.24. The van der Waals surface area contributed by atoms with Gasteiger partial charge in [-0.1, -0.05) is 6.07 Å². The Morgan fingerprint density at radius 1 is 1.42 bits per heavy atom. The van der Waals surface area contributed by atoms with E-state index in [2.05, 4.69) is 39.4 Å². The average Bonchev–Trinajstić information content (AvgIpc) is 2.37. The molecule has 0 fully saturated rings. The van der Waals surface area contributed by atoms with Crippen LogP contribution >= 0.6 is 15.9 Å². The van der Waals surface area contributed by atoms with Crippen molar-refractivity contribution < 1.29 is 4.74 Å². The van der Waals surface area contributed by atoms with Crippen LogP contribution in [0.1, 0.15) is 32.3 Å². The molecule has 0 amide bonds. The molecule has 0 aliphatic heterocycles. The van der Waals surface area contributed by atoms with E-state index in [1.54, 1.807) is 0 Å². The minimum atomic E-state index is -0.267. The van der Waals surface area contributed by atoms with Crippen molar-refractivity contribution in [3.63, 3.8) is 0 Å². The van der Waals surface area contributed by atoms with Gasteiger partial charge in [-0.05, 0) is 67.4 Å². The molecule has 0 atom stereocenters. The van der Waals surface area contributed by atoms with Gasteiger partial charge in [-0.15, -0.1) is 0 Å². The molecule has 0 radical (unpaired) electrons. The molecule has 0 heterocycles. The highest BCUT2D eigenvalue weighted by molar-refractivity contribution is 9.10. The van der Waals surface area contributed by atoms with Crippen molar-refractivity contribution in [2.75, 3.05) is 13.7 Å². The molecule has 0 aliphatic carbocycles. The summed E-state index contributed by atoms with van der Waals surface area (Å²) in [5.41, 5.74) is 0.949. The summed E-state index contributed by atoms with van der Waals surface area (Å²) in [7, 11) is 1.93. The molecule has 3 nitrogen and oxygen atoms in total. The number of halogens is 1. The van der Waals surface area contributed by atoms with Crippen molar-refractivity contribution in [3.05, 3.63) is 28.2 Å². The highest BCUT2D eigenvalue weighted by Crippen LogP contribution is 2.27. The minimum Gasteiger partial charge on any atom is -0.492 e. The zero-order chi connectivity index (χ0) is 14.3. The van der Waals surface area contributed by atoms with Crippen molar-refractivity contribution in [1.29, 1.82) is 5.26 Å². The van der Waals surface area contributed by atoms with Crippen molar-refractivity contribution in [2.24, 2.45) is 5.41 Å². The van der Waals surface area contributed by atoms with E-state index in [1.165, 1.54) is 5.56 Å². The number of ether oxygens (including phenoxy) is 1. The normalized spacial score (nSPS) is 11.1. The first-order valence-electron chi connectivity index (χ1n) is 6.45. The molecule has 0 saturated heterocycles. The van der Waals surface area contributed by atoms with E-state index in [1.807, 2.05) is 27.0 Å². The van der Waals surface area contributed by atoms with E-state index in [9.17, 15) is 0 Å². The molecule has 19 heavy (non-hydrogen) atoms. The highest BCUT2D eigenvalue weighted by Gasteiger charge is 2.15. The van der Waals surface area contributed by atoms with Crippen LogP contribution in [0.2, 0.25) is 0 Å². The highest BCUT2D eigenvalue weighted by atomic mass is 79.9. The SMILES string of the molecule is CNCc1ccc(OCCCC(C)(C)C#N)c(Br)c1. The number of nitrogens with zero attached hydrogens (tertiary/aromatic N) is 1. The number of nitrogens with one attached hydrogen (secondary N) is 1. The lowest BCUT2D eigenvalue weighted by atomic mass is 9.90. The largest absolute Gasteiger partial charge is 0.492 e. The Kier molecular flexibility index (Phi) is 6.33. The van der Waals surface area contributed by atoms with Crippen LogP contribution in [0, 0.1) is 16.7 Å². The average molecular weight is 325 g/mol. The molecule has 1 N–H and O–H groups in total. The number of hydrogen-bond acceptors (Lipinski definition) is 3. The molecular weight excluding hydrogens is 304 g/mol. The Morgan fingerprint density at radius 2 is 2.16 bits per heavy atom. The lowest BCUT2D eigenvalue weighted by Gasteiger charge is -2.15. The zero-order valence-electron chi connectivity index (χ0n) is 11.8. The van der Waals surface area contributed by atoms with Gasteiger partial charge in [-0.3, -0.25) is 0 Å². The summed E-state index contributed by atoms with van der Waals surface area (Å²) >= 11 is 3.52. The minimum absolute atomic E-state index is 0.267. The molecule has 0 bridgehead atoms. The van der Waals surface area contributed by atoms with Gasteiger partial charge in [-0.2, -0.15) is 5.26 Å². The quantitative estimate of drug-likeness (QED) is 0.774. The van der Waals surface area contributed by atoms with Crippen LogP contribution in [0.5, 0.6) is 5.75 Å². The molecule has 0 aliphatic rings. The van der Waals surface area contributed by atoms with Gasteiger partial charge in [0.1, 0.15) is 5.75 Å². The van der Waals surface area contributed by atoms with Gasteiger partial charge < -0.3 is 10.1 Å². The monoisotopic (exact) mass is 324 g/mol. The number of nitriles is 1. The molecular formula is C15H21BrN2O. The van der Waals surface area contributed by atoms with Crippen LogP contribution < -0.4 is 10.1 Å². The molecule has 0 saturated carbocycles. The molecule has 1 aromatic carbocycles. The summed E-state index contributed by atoms with van der Waals surface area (Å²) in [6.07, 6.45) is 1.73. The molecule has 1 aromatic rings. The van der Waals surface area contributed by atoms with Gasteiger partial charge in [0.25, 0.3) is 0 Å². The zero-order valence-corrected chi connectivity index (χ0v) is 13.4. The summed E-state index contributed by atoms with van der Waals surface area (Å²) in [5, 5.41) is 12.0. The van der Waals surface area contributed by atoms with E-state index in [4.69, 9.17) is 10.00 Å². The maximum absolute atomic E-state index is 8.93. The Balaban J connectivity index is 2.44. The second kappa shape index (κ2) is 7.52. The first-order chi connectivity index (χ1) is 8.98. The lowest BCUT2D eigenvalue weighted by molar-refractivity contribution is 0.282. The fourth-order valence-electron chi connectivity index (χ4n) is 1.73. The molecule has 4 heteroatoms. The van der Waals surface area contributed by atoms with Crippen LogP contribution in [0.4, 0.5) is 0 Å². The van der Waals surface area contributed by atoms with E-state index in [0.29, 0.717) is 6.61 Å². The van der Waals surface area contributed by atoms with Crippen molar-refractivity contribution in [1.82, 2.24) is 5.32 Å². The summed E-state index contributed by atoms with van der Waals surface area (Å²) < 4.78 is 6.71. The number of benzene rings is 1. The third-order valence-corrected chi connectivity index (χ3v) is 3.50. The van der Waals surface area contributed by atoms with E-state index < -0.39 is 0 Å².